The van der Waals surface area contributed by atoms with Crippen LogP contribution in [0.25, 0.3) is 0 Å². The number of hydrogen-bond donors (Lipinski definition) is 2. The Morgan fingerprint density at radius 3 is 2.43 bits per heavy atom. The first-order chi connectivity index (χ1) is 6.79. The molecule has 2 rings (SSSR count). The predicted octanol–water partition coefficient (Wildman–Crippen LogP) is 2.32. The number of rotatable bonds is 2. The van der Waals surface area contributed by atoms with Gasteiger partial charge in [0, 0.05) is 12.6 Å². The first-order valence-corrected chi connectivity index (χ1v) is 6.27. The first-order valence-electron chi connectivity index (χ1n) is 6.27. The molecule has 2 atom stereocenters. The molecule has 0 spiro atoms. The summed E-state index contributed by atoms with van der Waals surface area (Å²) in [4.78, 5) is 0. The van der Waals surface area contributed by atoms with Gasteiger partial charge in [-0.05, 0) is 30.6 Å². The van der Waals surface area contributed by atoms with Gasteiger partial charge >= 0.3 is 0 Å². The minimum Gasteiger partial charge on any atom is -0.257 e. The lowest BCUT2D eigenvalue weighted by atomic mass is 9.76. The van der Waals surface area contributed by atoms with E-state index < -0.39 is 0 Å². The van der Waals surface area contributed by atoms with Gasteiger partial charge in [0.25, 0.3) is 0 Å². The van der Waals surface area contributed by atoms with Gasteiger partial charge in [-0.15, -0.1) is 0 Å². The summed E-state index contributed by atoms with van der Waals surface area (Å²) in [5.74, 6) is 2.59. The molecule has 0 aromatic carbocycles. The Kier molecular flexibility index (Phi) is 3.45. The Balaban J connectivity index is 1.94. The minimum atomic E-state index is 0.746. The van der Waals surface area contributed by atoms with Gasteiger partial charge in [0.05, 0.1) is 0 Å². The number of nitrogens with one attached hydrogen (secondary N) is 2. The van der Waals surface area contributed by atoms with E-state index in [4.69, 9.17) is 0 Å². The lowest BCUT2D eigenvalue weighted by Crippen LogP contribution is -2.40. The zero-order valence-corrected chi connectivity index (χ0v) is 9.55. The Morgan fingerprint density at radius 1 is 1.07 bits per heavy atom. The quantitative estimate of drug-likeness (QED) is 0.708. The van der Waals surface area contributed by atoms with Crippen LogP contribution in [0.5, 0.6) is 0 Å². The lowest BCUT2D eigenvalue weighted by molar-refractivity contribution is 0.217. The fourth-order valence-electron chi connectivity index (χ4n) is 3.14. The van der Waals surface area contributed by atoms with Crippen molar-refractivity contribution in [1.82, 2.24) is 10.9 Å². The van der Waals surface area contributed by atoms with E-state index in [0.29, 0.717) is 0 Å². The predicted molar refractivity (Wildman–Crippen MR) is 59.8 cm³/mol. The molecule has 1 saturated carbocycles. The lowest BCUT2D eigenvalue weighted by Gasteiger charge is -2.32. The molecule has 82 valence electrons. The van der Waals surface area contributed by atoms with Crippen LogP contribution in [0.15, 0.2) is 0 Å². The smallest absolute Gasteiger partial charge is 0.0284 e. The monoisotopic (exact) mass is 196 g/mol. The minimum absolute atomic E-state index is 0.746. The second-order valence-electron chi connectivity index (χ2n) is 5.36. The van der Waals surface area contributed by atoms with Crippen molar-refractivity contribution < 1.29 is 0 Å². The fourth-order valence-corrected chi connectivity index (χ4v) is 3.14. The maximum Gasteiger partial charge on any atom is 0.0284 e. The summed E-state index contributed by atoms with van der Waals surface area (Å²) in [7, 11) is 0. The van der Waals surface area contributed by atoms with Crippen molar-refractivity contribution in [3.63, 3.8) is 0 Å². The van der Waals surface area contributed by atoms with Crippen LogP contribution in [0.4, 0.5) is 0 Å². The summed E-state index contributed by atoms with van der Waals surface area (Å²) >= 11 is 0. The average Bonchev–Trinajstić information content (AvgIpc) is 2.67. The SMILES string of the molecule is CC(C)C1CNNC1C1CCCCC1. The maximum absolute atomic E-state index is 3.51. The molecule has 2 aliphatic rings. The maximum atomic E-state index is 3.51. The van der Waals surface area contributed by atoms with Crippen molar-refractivity contribution in [3.8, 4) is 0 Å². The molecule has 14 heavy (non-hydrogen) atoms. The molecule has 2 nitrogen and oxygen atoms in total. The number of hydrogen-bond acceptors (Lipinski definition) is 2. The molecule has 0 amide bonds. The van der Waals surface area contributed by atoms with Crippen molar-refractivity contribution >= 4 is 0 Å². The topological polar surface area (TPSA) is 24.1 Å². The molecule has 2 heteroatoms. The van der Waals surface area contributed by atoms with E-state index in [9.17, 15) is 0 Å². The third kappa shape index (κ3) is 2.12. The summed E-state index contributed by atoms with van der Waals surface area (Å²) in [5.41, 5.74) is 6.86. The van der Waals surface area contributed by atoms with Crippen LogP contribution in [0.2, 0.25) is 0 Å². The zero-order valence-electron chi connectivity index (χ0n) is 9.55. The molecule has 2 unspecified atom stereocenters. The highest BCUT2D eigenvalue weighted by molar-refractivity contribution is 4.90. The van der Waals surface area contributed by atoms with Crippen LogP contribution in [0, 0.1) is 17.8 Å². The van der Waals surface area contributed by atoms with Gasteiger partial charge < -0.3 is 0 Å². The highest BCUT2D eigenvalue weighted by atomic mass is 15.4. The van der Waals surface area contributed by atoms with Crippen LogP contribution in [-0.2, 0) is 0 Å². The summed E-state index contributed by atoms with van der Waals surface area (Å²) < 4.78 is 0. The van der Waals surface area contributed by atoms with E-state index >= 15 is 0 Å². The van der Waals surface area contributed by atoms with E-state index in [0.717, 1.165) is 23.8 Å². The van der Waals surface area contributed by atoms with E-state index in [1.807, 2.05) is 0 Å². The molecule has 1 saturated heterocycles. The third-order valence-electron chi connectivity index (χ3n) is 4.08. The largest absolute Gasteiger partial charge is 0.257 e. The standard InChI is InChI=1S/C12H24N2/c1-9(2)11-8-13-14-12(11)10-6-4-3-5-7-10/h9-14H,3-8H2,1-2H3. The summed E-state index contributed by atoms with van der Waals surface area (Å²) in [6.07, 6.45) is 7.26. The van der Waals surface area contributed by atoms with Crippen molar-refractivity contribution in [1.29, 1.82) is 0 Å². The van der Waals surface area contributed by atoms with Crippen LogP contribution >= 0.6 is 0 Å². The highest BCUT2D eigenvalue weighted by Crippen LogP contribution is 2.33. The molecule has 1 heterocycles. The molecular formula is C12H24N2. The Hall–Kier alpha value is -0.0800. The Morgan fingerprint density at radius 2 is 1.79 bits per heavy atom. The second kappa shape index (κ2) is 4.63. The zero-order chi connectivity index (χ0) is 9.97. The van der Waals surface area contributed by atoms with Gasteiger partial charge in [-0.2, -0.15) is 0 Å². The van der Waals surface area contributed by atoms with Crippen LogP contribution in [0.1, 0.15) is 46.0 Å². The molecule has 2 N–H and O–H groups in total. The Bertz CT molecular complexity index is 173. The number of hydrazine groups is 1. The van der Waals surface area contributed by atoms with Crippen LogP contribution in [0.3, 0.4) is 0 Å². The van der Waals surface area contributed by atoms with E-state index in [-0.39, 0.29) is 0 Å². The normalized spacial score (nSPS) is 35.4. The third-order valence-corrected chi connectivity index (χ3v) is 4.08. The fraction of sp³-hybridized carbons (Fsp3) is 1.00. The van der Waals surface area contributed by atoms with E-state index in [1.54, 1.807) is 0 Å². The molecule has 0 aromatic heterocycles. The molecular weight excluding hydrogens is 172 g/mol. The first kappa shape index (κ1) is 10.4. The van der Waals surface area contributed by atoms with Crippen LogP contribution in [-0.4, -0.2) is 12.6 Å². The van der Waals surface area contributed by atoms with Gasteiger partial charge in [0.1, 0.15) is 0 Å². The van der Waals surface area contributed by atoms with Gasteiger partial charge in [-0.25, -0.2) is 0 Å². The molecule has 1 aliphatic heterocycles. The molecule has 0 bridgehead atoms. The Labute approximate surface area is 87.8 Å². The van der Waals surface area contributed by atoms with Crippen molar-refractivity contribution in [2.24, 2.45) is 17.8 Å². The van der Waals surface area contributed by atoms with Crippen molar-refractivity contribution in [2.45, 2.75) is 52.0 Å². The van der Waals surface area contributed by atoms with E-state index in [2.05, 4.69) is 24.7 Å². The van der Waals surface area contributed by atoms with E-state index in [1.165, 1.54) is 38.6 Å². The van der Waals surface area contributed by atoms with Gasteiger partial charge in [0.2, 0.25) is 0 Å². The van der Waals surface area contributed by atoms with Gasteiger partial charge in [0.15, 0.2) is 0 Å². The molecule has 1 aliphatic carbocycles. The van der Waals surface area contributed by atoms with Crippen LogP contribution < -0.4 is 10.9 Å². The molecule has 2 fully saturated rings. The van der Waals surface area contributed by atoms with Gasteiger partial charge in [-0.3, -0.25) is 10.9 Å². The molecule has 0 aromatic rings. The summed E-state index contributed by atoms with van der Waals surface area (Å²) in [6.45, 7) is 5.88. The average molecular weight is 196 g/mol. The summed E-state index contributed by atoms with van der Waals surface area (Å²) in [6, 6.07) is 0.746. The summed E-state index contributed by atoms with van der Waals surface area (Å²) in [5, 5.41) is 0. The van der Waals surface area contributed by atoms with Crippen molar-refractivity contribution in [3.05, 3.63) is 0 Å². The molecule has 0 radical (unpaired) electrons. The highest BCUT2D eigenvalue weighted by Gasteiger charge is 2.35. The van der Waals surface area contributed by atoms with Gasteiger partial charge in [-0.1, -0.05) is 33.1 Å². The van der Waals surface area contributed by atoms with Crippen molar-refractivity contribution in [2.75, 3.05) is 6.54 Å². The second-order valence-corrected chi connectivity index (χ2v) is 5.36.